The van der Waals surface area contributed by atoms with E-state index in [1.54, 1.807) is 47.8 Å². The van der Waals surface area contributed by atoms with Gasteiger partial charge in [-0.15, -0.1) is 0 Å². The quantitative estimate of drug-likeness (QED) is 0.147. The summed E-state index contributed by atoms with van der Waals surface area (Å²) in [6, 6.07) is 5.90. The molecule has 11 nitrogen and oxygen atoms in total. The molecule has 1 aromatic rings. The van der Waals surface area contributed by atoms with E-state index in [4.69, 9.17) is 0 Å². The maximum absolute atomic E-state index is 13.6. The number of hydrogen-bond acceptors (Lipinski definition) is 6. The number of carbonyl (C=O) groups excluding carboxylic acids is 5. The molecule has 4 N–H and O–H groups in total. The largest absolute Gasteiger partial charge is 0.352 e. The fraction of sp³-hybridized carbons (Fsp3) is 0.621. The summed E-state index contributed by atoms with van der Waals surface area (Å²) in [5, 5.41) is 14.6. The summed E-state index contributed by atoms with van der Waals surface area (Å²) >= 11 is 0. The van der Waals surface area contributed by atoms with Crippen LogP contribution in [0.1, 0.15) is 82.5 Å². The molecule has 1 heterocycles. The lowest BCUT2D eigenvalue weighted by Crippen LogP contribution is -2.58. The van der Waals surface area contributed by atoms with Crippen LogP contribution in [-0.2, 0) is 19.2 Å². The minimum Gasteiger partial charge on any atom is -0.352 e. The molecule has 1 fully saturated rings. The van der Waals surface area contributed by atoms with Crippen LogP contribution in [0.15, 0.2) is 30.3 Å². The van der Waals surface area contributed by atoms with Gasteiger partial charge in [-0.05, 0) is 43.7 Å². The van der Waals surface area contributed by atoms with E-state index < -0.39 is 29.9 Å². The predicted octanol–water partition coefficient (Wildman–Crippen LogP) is 2.24. The van der Waals surface area contributed by atoms with Crippen molar-refractivity contribution in [3.63, 3.8) is 0 Å². The van der Waals surface area contributed by atoms with Crippen LogP contribution in [0.5, 0.6) is 0 Å². The zero-order valence-corrected chi connectivity index (χ0v) is 24.2. The average Bonchev–Trinajstić information content (AvgIpc) is 3.46. The standard InChI is InChI=1S/C29H45N5O6/c1-5-7-9-16-24(35)34-19-12-15-23(34)29(39)33(4)25(20(3)6-2)28(38)31-22(27(37)32-40)17-18-30-26(36)21-13-10-8-11-14-21/h8,10-11,13-14,20,22-23,25,40H,5-7,9,12,15-19H2,1-4H3,(H,30,36)(H,31,38)(H,32,37)/t20?,22-,23-,25-/m0/s1. The Morgan fingerprint density at radius 3 is 2.40 bits per heavy atom. The first kappa shape index (κ1) is 32.7. The van der Waals surface area contributed by atoms with Crippen molar-refractivity contribution in [2.75, 3.05) is 20.1 Å². The van der Waals surface area contributed by atoms with Gasteiger partial charge in [0.1, 0.15) is 18.1 Å². The molecule has 222 valence electrons. The number of hydroxylamine groups is 1. The molecule has 0 aromatic heterocycles. The fourth-order valence-electron chi connectivity index (χ4n) is 5.03. The van der Waals surface area contributed by atoms with Crippen molar-refractivity contribution in [1.29, 1.82) is 0 Å². The Hall–Kier alpha value is -3.47. The predicted molar refractivity (Wildman–Crippen MR) is 150 cm³/mol. The van der Waals surface area contributed by atoms with Gasteiger partial charge in [0.2, 0.25) is 17.7 Å². The minimum absolute atomic E-state index is 0.0181. The Kier molecular flexibility index (Phi) is 13.6. The highest BCUT2D eigenvalue weighted by molar-refractivity contribution is 5.95. The van der Waals surface area contributed by atoms with E-state index in [1.807, 2.05) is 13.8 Å². The normalized spacial score (nSPS) is 16.9. The molecule has 40 heavy (non-hydrogen) atoms. The van der Waals surface area contributed by atoms with E-state index in [9.17, 15) is 29.2 Å². The van der Waals surface area contributed by atoms with Crippen LogP contribution < -0.4 is 16.1 Å². The highest BCUT2D eigenvalue weighted by Gasteiger charge is 2.40. The molecular formula is C29H45N5O6. The number of carbonyl (C=O) groups is 5. The SMILES string of the molecule is CCCCCC(=O)N1CCC[C@H]1C(=O)N(C)[C@H](C(=O)N[C@@H](CCNC(=O)c1ccccc1)C(=O)NO)C(C)CC. The van der Waals surface area contributed by atoms with E-state index >= 15 is 0 Å². The second-order valence-electron chi connectivity index (χ2n) is 10.4. The summed E-state index contributed by atoms with van der Waals surface area (Å²) in [7, 11) is 1.55. The summed E-state index contributed by atoms with van der Waals surface area (Å²) in [4.78, 5) is 67.7. The number of nitrogens with one attached hydrogen (secondary N) is 3. The molecule has 2 rings (SSSR count). The molecule has 0 aliphatic carbocycles. The van der Waals surface area contributed by atoms with E-state index in [-0.39, 0.29) is 36.6 Å². The molecule has 1 aliphatic heterocycles. The van der Waals surface area contributed by atoms with Crippen molar-refractivity contribution in [2.24, 2.45) is 5.92 Å². The van der Waals surface area contributed by atoms with Gasteiger partial charge in [0.25, 0.3) is 11.8 Å². The second kappa shape index (κ2) is 16.6. The Bertz CT molecular complexity index is 1000. The second-order valence-corrected chi connectivity index (χ2v) is 10.4. The van der Waals surface area contributed by atoms with Gasteiger partial charge in [-0.25, -0.2) is 5.48 Å². The summed E-state index contributed by atoms with van der Waals surface area (Å²) in [6.07, 6.45) is 4.99. The van der Waals surface area contributed by atoms with Crippen LogP contribution in [0, 0.1) is 5.92 Å². The lowest BCUT2D eigenvalue weighted by atomic mass is 9.95. The molecule has 5 amide bonds. The maximum atomic E-state index is 13.6. The third-order valence-electron chi connectivity index (χ3n) is 7.57. The first-order valence-corrected chi connectivity index (χ1v) is 14.3. The number of unbranched alkanes of at least 4 members (excludes halogenated alkanes) is 2. The van der Waals surface area contributed by atoms with Crippen molar-refractivity contribution >= 4 is 29.5 Å². The summed E-state index contributed by atoms with van der Waals surface area (Å²) < 4.78 is 0. The van der Waals surface area contributed by atoms with Crippen molar-refractivity contribution in [3.05, 3.63) is 35.9 Å². The molecule has 1 aromatic carbocycles. The van der Waals surface area contributed by atoms with Crippen LogP contribution >= 0.6 is 0 Å². The number of benzene rings is 1. The third-order valence-corrected chi connectivity index (χ3v) is 7.57. The monoisotopic (exact) mass is 559 g/mol. The summed E-state index contributed by atoms with van der Waals surface area (Å²) in [5.74, 6) is -2.31. The molecule has 0 spiro atoms. The number of nitrogens with zero attached hydrogens (tertiary/aromatic N) is 2. The van der Waals surface area contributed by atoms with E-state index in [0.29, 0.717) is 31.4 Å². The van der Waals surface area contributed by atoms with Crippen molar-refractivity contribution in [1.82, 2.24) is 25.9 Å². The van der Waals surface area contributed by atoms with Crippen molar-refractivity contribution in [2.45, 2.75) is 90.3 Å². The number of amides is 5. The van der Waals surface area contributed by atoms with Gasteiger partial charge in [0.15, 0.2) is 0 Å². The molecular weight excluding hydrogens is 514 g/mol. The molecule has 11 heteroatoms. The van der Waals surface area contributed by atoms with Gasteiger partial charge in [-0.2, -0.15) is 0 Å². The Morgan fingerprint density at radius 1 is 1.07 bits per heavy atom. The topological polar surface area (TPSA) is 148 Å². The van der Waals surface area contributed by atoms with Gasteiger partial charge in [0, 0.05) is 32.1 Å². The summed E-state index contributed by atoms with van der Waals surface area (Å²) in [6.45, 7) is 6.39. The lowest BCUT2D eigenvalue weighted by Gasteiger charge is -2.36. The van der Waals surface area contributed by atoms with E-state index in [2.05, 4.69) is 17.6 Å². The molecule has 1 saturated heterocycles. The molecule has 1 aliphatic rings. The average molecular weight is 560 g/mol. The Morgan fingerprint density at radius 2 is 1.77 bits per heavy atom. The first-order chi connectivity index (χ1) is 19.2. The van der Waals surface area contributed by atoms with Crippen molar-refractivity contribution in [3.8, 4) is 0 Å². The van der Waals surface area contributed by atoms with Gasteiger partial charge >= 0.3 is 0 Å². The summed E-state index contributed by atoms with van der Waals surface area (Å²) in [5.41, 5.74) is 2.02. The number of rotatable bonds is 15. The van der Waals surface area contributed by atoms with Gasteiger partial charge in [-0.1, -0.05) is 58.2 Å². The third kappa shape index (κ3) is 9.04. The smallest absolute Gasteiger partial charge is 0.265 e. The molecule has 0 radical (unpaired) electrons. The van der Waals surface area contributed by atoms with E-state index in [1.165, 1.54) is 4.90 Å². The molecule has 4 atom stereocenters. The van der Waals surface area contributed by atoms with Gasteiger partial charge in [0.05, 0.1) is 0 Å². The number of likely N-dealkylation sites (tertiary alicyclic amines) is 1. The van der Waals surface area contributed by atoms with Crippen LogP contribution in [0.25, 0.3) is 0 Å². The number of likely N-dealkylation sites (N-methyl/N-ethyl adjacent to an activating group) is 1. The van der Waals surface area contributed by atoms with E-state index in [0.717, 1.165) is 25.7 Å². The number of hydrogen-bond donors (Lipinski definition) is 4. The molecule has 1 unspecified atom stereocenters. The van der Waals surface area contributed by atoms with Crippen LogP contribution in [-0.4, -0.2) is 82.8 Å². The Balaban J connectivity index is 2.10. The van der Waals surface area contributed by atoms with Gasteiger partial charge in [-0.3, -0.25) is 29.2 Å². The zero-order chi connectivity index (χ0) is 29.7. The lowest BCUT2D eigenvalue weighted by molar-refractivity contribution is -0.148. The molecule has 0 saturated carbocycles. The zero-order valence-electron chi connectivity index (χ0n) is 24.2. The van der Waals surface area contributed by atoms with Gasteiger partial charge < -0.3 is 20.4 Å². The highest BCUT2D eigenvalue weighted by atomic mass is 16.5. The fourth-order valence-corrected chi connectivity index (χ4v) is 5.03. The van der Waals surface area contributed by atoms with Crippen LogP contribution in [0.4, 0.5) is 0 Å². The Labute approximate surface area is 237 Å². The highest BCUT2D eigenvalue weighted by Crippen LogP contribution is 2.24. The maximum Gasteiger partial charge on any atom is 0.265 e. The molecule has 0 bridgehead atoms. The van der Waals surface area contributed by atoms with Crippen LogP contribution in [0.2, 0.25) is 0 Å². The minimum atomic E-state index is -1.15. The van der Waals surface area contributed by atoms with Crippen molar-refractivity contribution < 1.29 is 29.2 Å². The first-order valence-electron chi connectivity index (χ1n) is 14.3. The van der Waals surface area contributed by atoms with Crippen LogP contribution in [0.3, 0.4) is 0 Å².